The summed E-state index contributed by atoms with van der Waals surface area (Å²) in [6.45, 7) is 4.08. The van der Waals surface area contributed by atoms with E-state index in [-0.39, 0.29) is 5.54 Å². The average Bonchev–Trinajstić information content (AvgIpc) is 2.15. The zero-order valence-electron chi connectivity index (χ0n) is 9.20. The molecule has 0 saturated heterocycles. The molecule has 1 heterocycles. The van der Waals surface area contributed by atoms with E-state index in [9.17, 15) is 0 Å². The number of hydrogen-bond acceptors (Lipinski definition) is 2. The fourth-order valence-corrected chi connectivity index (χ4v) is 1.76. The first-order chi connectivity index (χ1) is 7.04. The molecule has 2 rings (SSSR count). The van der Waals surface area contributed by atoms with E-state index in [1.54, 1.807) is 0 Å². The summed E-state index contributed by atoms with van der Waals surface area (Å²) in [5, 5.41) is 1.18. The largest absolute Gasteiger partial charge is 0.325 e. The van der Waals surface area contributed by atoms with Gasteiger partial charge >= 0.3 is 0 Å². The Balaban J connectivity index is 2.39. The Kier molecular flexibility index (Phi) is 2.45. The van der Waals surface area contributed by atoms with Gasteiger partial charge in [0.15, 0.2) is 0 Å². The van der Waals surface area contributed by atoms with Crippen molar-refractivity contribution >= 4 is 10.9 Å². The zero-order valence-corrected chi connectivity index (χ0v) is 9.20. The highest BCUT2D eigenvalue weighted by Crippen LogP contribution is 2.16. The summed E-state index contributed by atoms with van der Waals surface area (Å²) in [7, 11) is 0. The quantitative estimate of drug-likeness (QED) is 0.809. The lowest BCUT2D eigenvalue weighted by atomic mass is 9.95. The summed E-state index contributed by atoms with van der Waals surface area (Å²) >= 11 is 0. The first-order valence-corrected chi connectivity index (χ1v) is 5.17. The fourth-order valence-electron chi connectivity index (χ4n) is 1.76. The molecule has 0 radical (unpaired) electrons. The molecule has 78 valence electrons. The maximum atomic E-state index is 6.00. The lowest BCUT2D eigenvalue weighted by Crippen LogP contribution is -2.34. The van der Waals surface area contributed by atoms with Crippen LogP contribution < -0.4 is 5.73 Å². The molecule has 0 bridgehead atoms. The van der Waals surface area contributed by atoms with Crippen molar-refractivity contribution in [2.75, 3.05) is 0 Å². The summed E-state index contributed by atoms with van der Waals surface area (Å²) in [6.07, 6.45) is 2.70. The Morgan fingerprint density at radius 3 is 2.80 bits per heavy atom. The van der Waals surface area contributed by atoms with Crippen molar-refractivity contribution in [3.05, 3.63) is 42.1 Å². The molecular formula is C13H16N2. The van der Waals surface area contributed by atoms with Gasteiger partial charge in [-0.25, -0.2) is 0 Å². The van der Waals surface area contributed by atoms with Gasteiger partial charge in [0, 0.05) is 17.1 Å². The fraction of sp³-hybridized carbons (Fsp3) is 0.308. The molecular weight excluding hydrogens is 184 g/mol. The number of benzene rings is 1. The number of rotatable bonds is 2. The number of nitrogens with two attached hydrogens (primary N) is 1. The Morgan fingerprint density at radius 2 is 2.07 bits per heavy atom. The highest BCUT2D eigenvalue weighted by Gasteiger charge is 2.11. The molecule has 2 nitrogen and oxygen atoms in total. The van der Waals surface area contributed by atoms with Crippen LogP contribution in [0.1, 0.15) is 19.4 Å². The molecule has 0 unspecified atom stereocenters. The Morgan fingerprint density at radius 1 is 1.27 bits per heavy atom. The van der Waals surface area contributed by atoms with Crippen LogP contribution in [0.2, 0.25) is 0 Å². The van der Waals surface area contributed by atoms with E-state index in [0.717, 1.165) is 11.9 Å². The van der Waals surface area contributed by atoms with Crippen molar-refractivity contribution in [1.82, 2.24) is 4.98 Å². The molecule has 0 fully saturated rings. The van der Waals surface area contributed by atoms with E-state index in [2.05, 4.69) is 29.2 Å². The smallest absolute Gasteiger partial charge is 0.0702 e. The van der Waals surface area contributed by atoms with Gasteiger partial charge in [0.25, 0.3) is 0 Å². The van der Waals surface area contributed by atoms with Gasteiger partial charge in [-0.05, 0) is 44.0 Å². The van der Waals surface area contributed by atoms with E-state index in [1.165, 1.54) is 10.9 Å². The van der Waals surface area contributed by atoms with Crippen LogP contribution in [-0.4, -0.2) is 10.5 Å². The second-order valence-electron chi connectivity index (χ2n) is 4.70. The molecule has 0 spiro atoms. The van der Waals surface area contributed by atoms with Crippen LogP contribution in [0.5, 0.6) is 0 Å². The second kappa shape index (κ2) is 3.63. The Bertz CT molecular complexity index is 469. The minimum Gasteiger partial charge on any atom is -0.325 e. The standard InChI is InChI=1S/C13H16N2/c1-13(2,14)9-10-5-6-12-11(8-10)4-3-7-15-12/h3-8H,9,14H2,1-2H3. The van der Waals surface area contributed by atoms with E-state index in [1.807, 2.05) is 26.1 Å². The van der Waals surface area contributed by atoms with E-state index in [0.29, 0.717) is 0 Å². The number of fused-ring (bicyclic) bond motifs is 1. The molecule has 1 aromatic carbocycles. The van der Waals surface area contributed by atoms with Crippen LogP contribution in [0, 0.1) is 0 Å². The molecule has 2 heteroatoms. The summed E-state index contributed by atoms with van der Waals surface area (Å²) in [5.74, 6) is 0. The van der Waals surface area contributed by atoms with Crippen molar-refractivity contribution in [3.63, 3.8) is 0 Å². The summed E-state index contributed by atoms with van der Waals surface area (Å²) < 4.78 is 0. The van der Waals surface area contributed by atoms with Gasteiger partial charge in [-0.1, -0.05) is 12.1 Å². The molecule has 0 amide bonds. The molecule has 0 aliphatic rings. The van der Waals surface area contributed by atoms with Crippen LogP contribution in [0.4, 0.5) is 0 Å². The van der Waals surface area contributed by atoms with Crippen molar-refractivity contribution in [2.45, 2.75) is 25.8 Å². The van der Waals surface area contributed by atoms with Crippen LogP contribution in [0.3, 0.4) is 0 Å². The number of aromatic nitrogens is 1. The topological polar surface area (TPSA) is 38.9 Å². The highest BCUT2D eigenvalue weighted by molar-refractivity contribution is 5.78. The third kappa shape index (κ3) is 2.54. The third-order valence-corrected chi connectivity index (χ3v) is 2.33. The molecule has 0 saturated carbocycles. The monoisotopic (exact) mass is 200 g/mol. The normalized spacial score (nSPS) is 11.9. The molecule has 0 aliphatic heterocycles. The van der Waals surface area contributed by atoms with Gasteiger partial charge in [0.1, 0.15) is 0 Å². The van der Waals surface area contributed by atoms with Gasteiger partial charge < -0.3 is 5.73 Å². The first kappa shape index (κ1) is 10.1. The SMILES string of the molecule is CC(C)(N)Cc1ccc2ncccc2c1. The minimum atomic E-state index is -0.157. The third-order valence-electron chi connectivity index (χ3n) is 2.33. The number of hydrogen-bond donors (Lipinski definition) is 1. The second-order valence-corrected chi connectivity index (χ2v) is 4.70. The van der Waals surface area contributed by atoms with Gasteiger partial charge in [-0.3, -0.25) is 4.98 Å². The first-order valence-electron chi connectivity index (χ1n) is 5.17. The van der Waals surface area contributed by atoms with Crippen molar-refractivity contribution in [3.8, 4) is 0 Å². The van der Waals surface area contributed by atoms with Gasteiger partial charge in [0.05, 0.1) is 5.52 Å². The zero-order chi connectivity index (χ0) is 10.9. The van der Waals surface area contributed by atoms with Crippen LogP contribution in [-0.2, 0) is 6.42 Å². The molecule has 15 heavy (non-hydrogen) atoms. The van der Waals surface area contributed by atoms with Crippen molar-refractivity contribution in [1.29, 1.82) is 0 Å². The van der Waals surface area contributed by atoms with Crippen LogP contribution in [0.25, 0.3) is 10.9 Å². The Hall–Kier alpha value is -1.41. The van der Waals surface area contributed by atoms with Crippen molar-refractivity contribution < 1.29 is 0 Å². The number of nitrogens with zero attached hydrogens (tertiary/aromatic N) is 1. The molecule has 0 atom stereocenters. The number of pyridine rings is 1. The van der Waals surface area contributed by atoms with Gasteiger partial charge in [-0.2, -0.15) is 0 Å². The summed E-state index contributed by atoms with van der Waals surface area (Å²) in [6, 6.07) is 10.4. The van der Waals surface area contributed by atoms with E-state index >= 15 is 0 Å². The molecule has 2 aromatic rings. The maximum absolute atomic E-state index is 6.00. The predicted molar refractivity (Wildman–Crippen MR) is 63.7 cm³/mol. The lowest BCUT2D eigenvalue weighted by molar-refractivity contribution is 0.517. The predicted octanol–water partition coefficient (Wildman–Crippen LogP) is 2.51. The lowest BCUT2D eigenvalue weighted by Gasteiger charge is -2.18. The van der Waals surface area contributed by atoms with Gasteiger partial charge in [-0.15, -0.1) is 0 Å². The minimum absolute atomic E-state index is 0.157. The van der Waals surface area contributed by atoms with Crippen molar-refractivity contribution in [2.24, 2.45) is 5.73 Å². The van der Waals surface area contributed by atoms with Crippen LogP contribution >= 0.6 is 0 Å². The molecule has 2 N–H and O–H groups in total. The van der Waals surface area contributed by atoms with E-state index in [4.69, 9.17) is 5.73 Å². The molecule has 1 aromatic heterocycles. The maximum Gasteiger partial charge on any atom is 0.0702 e. The van der Waals surface area contributed by atoms with Gasteiger partial charge in [0.2, 0.25) is 0 Å². The average molecular weight is 200 g/mol. The Labute approximate surface area is 90.1 Å². The molecule has 0 aliphatic carbocycles. The highest BCUT2D eigenvalue weighted by atomic mass is 14.7. The van der Waals surface area contributed by atoms with E-state index < -0.39 is 0 Å². The summed E-state index contributed by atoms with van der Waals surface area (Å²) in [4.78, 5) is 4.29. The summed E-state index contributed by atoms with van der Waals surface area (Å²) in [5.41, 5.74) is 8.14. The van der Waals surface area contributed by atoms with Crippen LogP contribution in [0.15, 0.2) is 36.5 Å².